The molecule has 2 fully saturated rings. The first-order valence-corrected chi connectivity index (χ1v) is 11.5. The zero-order valence-electron chi connectivity index (χ0n) is 19.0. The highest BCUT2D eigenvalue weighted by molar-refractivity contribution is 5.67. The Balaban J connectivity index is 1.24. The average Bonchev–Trinajstić information content (AvgIpc) is 3.46. The maximum absolute atomic E-state index is 14.5. The number of hydrogen-bond donors (Lipinski definition) is 3. The summed E-state index contributed by atoms with van der Waals surface area (Å²) in [6, 6.07) is 3.54. The Hall–Kier alpha value is -3.28. The van der Waals surface area contributed by atoms with Gasteiger partial charge < -0.3 is 15.4 Å². The maximum atomic E-state index is 14.5. The summed E-state index contributed by atoms with van der Waals surface area (Å²) in [5.74, 6) is 0.919. The van der Waals surface area contributed by atoms with E-state index in [-0.39, 0.29) is 18.4 Å². The van der Waals surface area contributed by atoms with E-state index in [0.29, 0.717) is 37.8 Å². The fourth-order valence-electron chi connectivity index (χ4n) is 4.46. The molecule has 0 unspecified atom stereocenters. The van der Waals surface area contributed by atoms with Gasteiger partial charge in [-0.2, -0.15) is 5.10 Å². The van der Waals surface area contributed by atoms with Crippen molar-refractivity contribution in [2.24, 2.45) is 0 Å². The summed E-state index contributed by atoms with van der Waals surface area (Å²) in [6.45, 7) is 5.08. The van der Waals surface area contributed by atoms with Gasteiger partial charge in [0.2, 0.25) is 5.95 Å². The molecule has 0 spiro atoms. The number of ether oxygens (including phenoxy) is 1. The number of halogens is 2. The molecule has 0 aromatic carbocycles. The van der Waals surface area contributed by atoms with Crippen molar-refractivity contribution in [3.05, 3.63) is 35.9 Å². The lowest BCUT2D eigenvalue weighted by Gasteiger charge is -2.33. The zero-order valence-corrected chi connectivity index (χ0v) is 19.0. The van der Waals surface area contributed by atoms with Crippen LogP contribution in [0.3, 0.4) is 0 Å². The van der Waals surface area contributed by atoms with Crippen LogP contribution in [0.15, 0.2) is 24.5 Å². The van der Waals surface area contributed by atoms with Gasteiger partial charge in [-0.1, -0.05) is 0 Å². The van der Waals surface area contributed by atoms with Crippen molar-refractivity contribution in [3.63, 3.8) is 0 Å². The van der Waals surface area contributed by atoms with Crippen LogP contribution in [0, 0.1) is 0 Å². The molecule has 182 valence electrons. The molecule has 3 N–H and O–H groups in total. The SMILES string of the molecule is CC(C)NC(=O)O[C@H]1C[C@@H](c2cc(Nc3nccc4nc(CN5CC(F)C5)cn34)n[nH]2)C[C@H]1F. The van der Waals surface area contributed by atoms with Crippen molar-refractivity contribution in [2.75, 3.05) is 18.4 Å². The Morgan fingerprint density at radius 1 is 1.32 bits per heavy atom. The second-order valence-electron chi connectivity index (χ2n) is 9.28. The molecule has 4 heterocycles. The van der Waals surface area contributed by atoms with Gasteiger partial charge >= 0.3 is 6.09 Å². The molecule has 1 saturated carbocycles. The highest BCUT2D eigenvalue weighted by Gasteiger charge is 2.39. The molecule has 1 aliphatic heterocycles. The normalized spacial score (nSPS) is 23.4. The largest absolute Gasteiger partial charge is 0.443 e. The van der Waals surface area contributed by atoms with Gasteiger partial charge in [-0.05, 0) is 32.8 Å². The summed E-state index contributed by atoms with van der Waals surface area (Å²) < 4.78 is 34.7. The van der Waals surface area contributed by atoms with E-state index in [4.69, 9.17) is 4.74 Å². The first-order chi connectivity index (χ1) is 16.3. The predicted octanol–water partition coefficient (Wildman–Crippen LogP) is 3.07. The van der Waals surface area contributed by atoms with E-state index < -0.39 is 24.5 Å². The number of alkyl halides is 2. The number of likely N-dealkylation sites (tertiary alicyclic amines) is 1. The van der Waals surface area contributed by atoms with Gasteiger partial charge in [-0.15, -0.1) is 0 Å². The number of alkyl carbamates (subject to hydrolysis) is 1. The Kier molecular flexibility index (Phi) is 6.07. The molecule has 3 aromatic heterocycles. The summed E-state index contributed by atoms with van der Waals surface area (Å²) in [4.78, 5) is 22.8. The third-order valence-electron chi connectivity index (χ3n) is 6.10. The number of imidazole rings is 1. The number of nitrogens with zero attached hydrogens (tertiary/aromatic N) is 5. The monoisotopic (exact) mass is 474 g/mol. The first-order valence-electron chi connectivity index (χ1n) is 11.5. The van der Waals surface area contributed by atoms with E-state index in [2.05, 4.69) is 30.8 Å². The van der Waals surface area contributed by atoms with Gasteiger partial charge in [0, 0.05) is 55.7 Å². The summed E-state index contributed by atoms with van der Waals surface area (Å²) in [5.41, 5.74) is 2.31. The quantitative estimate of drug-likeness (QED) is 0.482. The van der Waals surface area contributed by atoms with E-state index in [9.17, 15) is 13.6 Å². The molecule has 0 radical (unpaired) electrons. The molecule has 1 amide bonds. The van der Waals surface area contributed by atoms with Gasteiger partial charge in [0.05, 0.1) is 5.69 Å². The summed E-state index contributed by atoms with van der Waals surface area (Å²) in [6.07, 6.45) is 0.767. The second-order valence-corrected chi connectivity index (χ2v) is 9.28. The molecule has 2 aliphatic rings. The van der Waals surface area contributed by atoms with E-state index in [1.807, 2.05) is 35.4 Å². The van der Waals surface area contributed by atoms with Crippen LogP contribution in [0.2, 0.25) is 0 Å². The van der Waals surface area contributed by atoms with Crippen molar-refractivity contribution >= 4 is 23.5 Å². The Morgan fingerprint density at radius 3 is 2.91 bits per heavy atom. The smallest absolute Gasteiger partial charge is 0.407 e. The fraction of sp³-hybridized carbons (Fsp3) is 0.545. The van der Waals surface area contributed by atoms with E-state index in [0.717, 1.165) is 17.0 Å². The molecule has 1 saturated heterocycles. The van der Waals surface area contributed by atoms with Crippen molar-refractivity contribution < 1.29 is 18.3 Å². The Bertz CT molecular complexity index is 1160. The molecule has 0 bridgehead atoms. The fourth-order valence-corrected chi connectivity index (χ4v) is 4.46. The number of fused-ring (bicyclic) bond motifs is 1. The summed E-state index contributed by atoms with van der Waals surface area (Å²) >= 11 is 0. The van der Waals surface area contributed by atoms with Gasteiger partial charge in [0.25, 0.3) is 0 Å². The summed E-state index contributed by atoms with van der Waals surface area (Å²) in [7, 11) is 0. The van der Waals surface area contributed by atoms with Crippen molar-refractivity contribution in [2.45, 2.75) is 63.6 Å². The molecule has 34 heavy (non-hydrogen) atoms. The number of nitrogens with one attached hydrogen (secondary N) is 3. The number of aromatic amines is 1. The van der Waals surface area contributed by atoms with Gasteiger partial charge in [0.1, 0.15) is 24.1 Å². The minimum Gasteiger partial charge on any atom is -0.443 e. The van der Waals surface area contributed by atoms with Crippen LogP contribution in [0.1, 0.15) is 44.0 Å². The number of anilines is 2. The molecular weight excluding hydrogens is 446 g/mol. The molecule has 3 aromatic rings. The molecule has 10 nitrogen and oxygen atoms in total. The Labute approximate surface area is 195 Å². The van der Waals surface area contributed by atoms with E-state index in [1.54, 1.807) is 12.3 Å². The number of amides is 1. The van der Waals surface area contributed by atoms with Gasteiger partial charge in [0.15, 0.2) is 5.82 Å². The lowest BCUT2D eigenvalue weighted by molar-refractivity contribution is 0.0581. The van der Waals surface area contributed by atoms with Gasteiger partial charge in [-0.25, -0.2) is 23.5 Å². The maximum Gasteiger partial charge on any atom is 0.407 e. The highest BCUT2D eigenvalue weighted by atomic mass is 19.1. The summed E-state index contributed by atoms with van der Waals surface area (Å²) in [5, 5.41) is 13.1. The molecule has 5 rings (SSSR count). The zero-order chi connectivity index (χ0) is 23.8. The van der Waals surface area contributed by atoms with Crippen LogP contribution in [-0.4, -0.2) is 73.1 Å². The molecular formula is C22H28F2N8O2. The Morgan fingerprint density at radius 2 is 2.15 bits per heavy atom. The molecule has 3 atom stereocenters. The van der Waals surface area contributed by atoms with Crippen molar-refractivity contribution in [1.29, 1.82) is 0 Å². The van der Waals surface area contributed by atoms with Crippen LogP contribution in [0.25, 0.3) is 5.65 Å². The lowest BCUT2D eigenvalue weighted by atomic mass is 10.0. The van der Waals surface area contributed by atoms with E-state index in [1.165, 1.54) is 0 Å². The number of carbonyl (C=O) groups excluding carboxylic acids is 1. The third-order valence-corrected chi connectivity index (χ3v) is 6.10. The molecule has 1 aliphatic carbocycles. The molecule has 12 heteroatoms. The van der Waals surface area contributed by atoms with Crippen LogP contribution >= 0.6 is 0 Å². The topological polar surface area (TPSA) is 112 Å². The highest BCUT2D eigenvalue weighted by Crippen LogP contribution is 2.38. The number of H-pyrrole nitrogens is 1. The minimum absolute atomic E-state index is 0.0770. The number of hydrogen-bond acceptors (Lipinski definition) is 7. The van der Waals surface area contributed by atoms with Crippen LogP contribution in [-0.2, 0) is 11.3 Å². The predicted molar refractivity (Wildman–Crippen MR) is 120 cm³/mol. The lowest BCUT2D eigenvalue weighted by Crippen LogP contribution is -2.47. The van der Waals surface area contributed by atoms with E-state index >= 15 is 0 Å². The third kappa shape index (κ3) is 4.81. The number of carbonyl (C=O) groups is 1. The van der Waals surface area contributed by atoms with Crippen molar-refractivity contribution in [1.82, 2.24) is 34.8 Å². The first kappa shape index (κ1) is 22.5. The van der Waals surface area contributed by atoms with Crippen LogP contribution in [0.4, 0.5) is 25.3 Å². The van der Waals surface area contributed by atoms with Crippen molar-refractivity contribution in [3.8, 4) is 0 Å². The number of rotatable bonds is 7. The number of aromatic nitrogens is 5. The minimum atomic E-state index is -1.23. The average molecular weight is 475 g/mol. The van der Waals surface area contributed by atoms with Crippen LogP contribution < -0.4 is 10.6 Å². The van der Waals surface area contributed by atoms with Crippen LogP contribution in [0.5, 0.6) is 0 Å². The van der Waals surface area contributed by atoms with Gasteiger partial charge in [-0.3, -0.25) is 14.4 Å². The second kappa shape index (κ2) is 9.16. The standard InChI is InChI=1S/C22H28F2N8O2/c1-12(2)26-22(33)34-18-6-13(5-16(18)24)17-7-19(30-29-17)28-21-25-4-3-20-27-15(11-32(20)21)10-31-8-14(23)9-31/h3-4,7,11-14,16,18H,5-6,8-10H2,1-2H3,(H,26,33)(H2,25,28,29,30)/t13-,16+,18-/m0/s1.